The average molecular weight is 276 g/mol. The molecule has 0 bridgehead atoms. The zero-order valence-electron chi connectivity index (χ0n) is 12.6. The molecule has 4 N–H and O–H groups in total. The summed E-state index contributed by atoms with van der Waals surface area (Å²) in [5.74, 6) is 1.56. The molecule has 0 heterocycles. The molecule has 6 nitrogen and oxygen atoms in total. The molecule has 0 saturated carbocycles. The predicted octanol–water partition coefficient (Wildman–Crippen LogP) is 0.276. The van der Waals surface area contributed by atoms with E-state index in [4.69, 9.17) is 0 Å². The van der Waals surface area contributed by atoms with E-state index in [-0.39, 0.29) is 0 Å². The number of benzene rings is 1. The summed E-state index contributed by atoms with van der Waals surface area (Å²) in [6.07, 6.45) is 0. The molecule has 0 spiro atoms. The Hall–Kier alpha value is -2.24. The smallest absolute Gasteiger partial charge is 0.190 e. The van der Waals surface area contributed by atoms with E-state index in [9.17, 15) is 0 Å². The summed E-state index contributed by atoms with van der Waals surface area (Å²) in [5, 5.41) is 12.5. The van der Waals surface area contributed by atoms with Crippen LogP contribution in [0, 0.1) is 0 Å². The molecule has 0 amide bonds. The third-order valence-electron chi connectivity index (χ3n) is 2.83. The first-order valence-corrected chi connectivity index (χ1v) is 6.58. The third-order valence-corrected chi connectivity index (χ3v) is 2.83. The molecule has 0 saturated heterocycles. The Kier molecular flexibility index (Phi) is 6.95. The van der Waals surface area contributed by atoms with E-state index in [0.29, 0.717) is 0 Å². The van der Waals surface area contributed by atoms with Crippen LogP contribution < -0.4 is 21.3 Å². The van der Waals surface area contributed by atoms with E-state index in [0.717, 1.165) is 25.0 Å². The zero-order valence-corrected chi connectivity index (χ0v) is 12.6. The van der Waals surface area contributed by atoms with Crippen molar-refractivity contribution in [3.63, 3.8) is 0 Å². The fraction of sp³-hybridized carbons (Fsp3) is 0.429. The summed E-state index contributed by atoms with van der Waals surface area (Å²) in [4.78, 5) is 8.17. The summed E-state index contributed by atoms with van der Waals surface area (Å²) in [6.45, 7) is 1.48. The van der Waals surface area contributed by atoms with Crippen LogP contribution in [0.25, 0.3) is 0 Å². The lowest BCUT2D eigenvalue weighted by Crippen LogP contribution is -2.34. The molecule has 0 aliphatic carbocycles. The van der Waals surface area contributed by atoms with Gasteiger partial charge in [0, 0.05) is 41.3 Å². The SMILES string of the molecule is CN=C(NC)NCc1cccc(CNC(=NC)NC)c1. The molecular formula is C14H24N6. The molecule has 0 radical (unpaired) electrons. The number of nitrogens with one attached hydrogen (secondary N) is 4. The molecular weight excluding hydrogens is 252 g/mol. The number of guanidine groups is 2. The van der Waals surface area contributed by atoms with Gasteiger partial charge in [0.15, 0.2) is 11.9 Å². The lowest BCUT2D eigenvalue weighted by Gasteiger charge is -2.11. The second kappa shape index (κ2) is 8.79. The van der Waals surface area contributed by atoms with Gasteiger partial charge in [-0.05, 0) is 11.1 Å². The van der Waals surface area contributed by atoms with Gasteiger partial charge in [-0.3, -0.25) is 9.98 Å². The Morgan fingerprint density at radius 1 is 0.900 bits per heavy atom. The second-order valence-corrected chi connectivity index (χ2v) is 4.17. The van der Waals surface area contributed by atoms with Crippen LogP contribution in [0.1, 0.15) is 11.1 Å². The second-order valence-electron chi connectivity index (χ2n) is 4.17. The maximum absolute atomic E-state index is 4.08. The van der Waals surface area contributed by atoms with E-state index in [1.807, 2.05) is 14.1 Å². The van der Waals surface area contributed by atoms with E-state index < -0.39 is 0 Å². The Balaban J connectivity index is 2.57. The van der Waals surface area contributed by atoms with E-state index in [1.54, 1.807) is 14.1 Å². The number of hydrogen-bond donors (Lipinski definition) is 4. The van der Waals surface area contributed by atoms with Crippen molar-refractivity contribution in [3.05, 3.63) is 35.4 Å². The van der Waals surface area contributed by atoms with Gasteiger partial charge in [0.25, 0.3) is 0 Å². The molecule has 110 valence electrons. The van der Waals surface area contributed by atoms with Crippen molar-refractivity contribution in [2.75, 3.05) is 28.2 Å². The van der Waals surface area contributed by atoms with Gasteiger partial charge < -0.3 is 21.3 Å². The molecule has 1 rings (SSSR count). The monoisotopic (exact) mass is 276 g/mol. The van der Waals surface area contributed by atoms with Crippen molar-refractivity contribution in [1.29, 1.82) is 0 Å². The molecule has 0 atom stereocenters. The zero-order chi connectivity index (χ0) is 14.8. The van der Waals surface area contributed by atoms with Crippen LogP contribution in [-0.2, 0) is 13.1 Å². The maximum atomic E-state index is 4.08. The van der Waals surface area contributed by atoms with Crippen LogP contribution >= 0.6 is 0 Å². The number of aliphatic imine (C=N–C) groups is 2. The topological polar surface area (TPSA) is 72.8 Å². The molecule has 1 aromatic rings. The number of hydrogen-bond acceptors (Lipinski definition) is 2. The van der Waals surface area contributed by atoms with E-state index in [1.165, 1.54) is 11.1 Å². The van der Waals surface area contributed by atoms with Crippen LogP contribution in [0.3, 0.4) is 0 Å². The predicted molar refractivity (Wildman–Crippen MR) is 85.0 cm³/mol. The lowest BCUT2D eigenvalue weighted by molar-refractivity contribution is 0.845. The minimum absolute atomic E-state index is 0.738. The Bertz CT molecular complexity index is 427. The minimum Gasteiger partial charge on any atom is -0.359 e. The van der Waals surface area contributed by atoms with Crippen molar-refractivity contribution in [2.24, 2.45) is 9.98 Å². The van der Waals surface area contributed by atoms with Crippen LogP contribution in [0.5, 0.6) is 0 Å². The minimum atomic E-state index is 0.738. The van der Waals surface area contributed by atoms with Crippen molar-refractivity contribution in [2.45, 2.75) is 13.1 Å². The highest BCUT2D eigenvalue weighted by Crippen LogP contribution is 2.05. The Morgan fingerprint density at radius 2 is 1.35 bits per heavy atom. The molecule has 6 heteroatoms. The molecule has 0 aromatic heterocycles. The van der Waals surface area contributed by atoms with Crippen molar-refractivity contribution in [1.82, 2.24) is 21.3 Å². The molecule has 0 fully saturated rings. The van der Waals surface area contributed by atoms with Crippen molar-refractivity contribution in [3.8, 4) is 0 Å². The van der Waals surface area contributed by atoms with Gasteiger partial charge in [-0.15, -0.1) is 0 Å². The summed E-state index contributed by atoms with van der Waals surface area (Å²) in [6, 6.07) is 8.39. The first kappa shape index (κ1) is 15.8. The molecule has 20 heavy (non-hydrogen) atoms. The van der Waals surface area contributed by atoms with E-state index in [2.05, 4.69) is 55.5 Å². The summed E-state index contributed by atoms with van der Waals surface area (Å²) >= 11 is 0. The summed E-state index contributed by atoms with van der Waals surface area (Å²) < 4.78 is 0. The van der Waals surface area contributed by atoms with Gasteiger partial charge in [-0.2, -0.15) is 0 Å². The summed E-state index contributed by atoms with van der Waals surface area (Å²) in [7, 11) is 7.20. The van der Waals surface area contributed by atoms with Gasteiger partial charge in [0.2, 0.25) is 0 Å². The standard InChI is InChI=1S/C14H24N6/c1-15-13(16-2)19-9-11-6-5-7-12(8-11)10-20-14(17-3)18-4/h5-8H,9-10H2,1-4H3,(H2,15,16,19)(H2,17,18,20). The molecule has 0 aliphatic rings. The van der Waals surface area contributed by atoms with Crippen molar-refractivity contribution >= 4 is 11.9 Å². The quantitative estimate of drug-likeness (QED) is 0.471. The van der Waals surface area contributed by atoms with Gasteiger partial charge >= 0.3 is 0 Å². The maximum Gasteiger partial charge on any atom is 0.190 e. The highest BCUT2D eigenvalue weighted by atomic mass is 15.2. The van der Waals surface area contributed by atoms with Crippen molar-refractivity contribution < 1.29 is 0 Å². The normalized spacial score (nSPS) is 12.0. The molecule has 0 unspecified atom stereocenters. The highest BCUT2D eigenvalue weighted by Gasteiger charge is 1.99. The molecule has 1 aromatic carbocycles. The number of nitrogens with zero attached hydrogens (tertiary/aromatic N) is 2. The van der Waals surface area contributed by atoms with Crippen LogP contribution in [0.2, 0.25) is 0 Å². The van der Waals surface area contributed by atoms with Crippen LogP contribution in [0.15, 0.2) is 34.3 Å². The van der Waals surface area contributed by atoms with Crippen LogP contribution in [0.4, 0.5) is 0 Å². The first-order valence-electron chi connectivity index (χ1n) is 6.58. The van der Waals surface area contributed by atoms with Gasteiger partial charge in [-0.1, -0.05) is 24.3 Å². The Morgan fingerprint density at radius 3 is 1.70 bits per heavy atom. The van der Waals surface area contributed by atoms with Gasteiger partial charge in [0.05, 0.1) is 0 Å². The molecule has 0 aliphatic heterocycles. The van der Waals surface area contributed by atoms with Crippen LogP contribution in [-0.4, -0.2) is 40.1 Å². The Labute approximate surface area is 120 Å². The first-order chi connectivity index (χ1) is 9.73. The fourth-order valence-electron chi connectivity index (χ4n) is 1.78. The largest absolute Gasteiger partial charge is 0.359 e. The lowest BCUT2D eigenvalue weighted by atomic mass is 10.1. The van der Waals surface area contributed by atoms with Gasteiger partial charge in [0.1, 0.15) is 0 Å². The fourth-order valence-corrected chi connectivity index (χ4v) is 1.78. The highest BCUT2D eigenvalue weighted by molar-refractivity contribution is 5.79. The average Bonchev–Trinajstić information content (AvgIpc) is 2.50. The van der Waals surface area contributed by atoms with Gasteiger partial charge in [-0.25, -0.2) is 0 Å². The van der Waals surface area contributed by atoms with E-state index >= 15 is 0 Å². The summed E-state index contributed by atoms with van der Waals surface area (Å²) in [5.41, 5.74) is 2.42. The third kappa shape index (κ3) is 5.17. The number of rotatable bonds is 4.